The highest BCUT2D eigenvalue weighted by Gasteiger charge is 2.47. The smallest absolute Gasteiger partial charge is 0.362 e. The molecule has 4 rings (SSSR count). The van der Waals surface area contributed by atoms with Crippen molar-refractivity contribution >= 4 is 39.0 Å². The lowest BCUT2D eigenvalue weighted by Gasteiger charge is -2.33. The molecule has 1 aromatic carbocycles. The monoisotopic (exact) mass is 502 g/mol. The number of hydrogen-bond acceptors (Lipinski definition) is 4. The van der Waals surface area contributed by atoms with Crippen molar-refractivity contribution in [3.63, 3.8) is 0 Å². The fourth-order valence-corrected chi connectivity index (χ4v) is 4.63. The van der Waals surface area contributed by atoms with Crippen LogP contribution in [0.15, 0.2) is 46.3 Å². The van der Waals surface area contributed by atoms with Crippen LogP contribution in [0.2, 0.25) is 0 Å². The van der Waals surface area contributed by atoms with Crippen LogP contribution in [0.5, 0.6) is 0 Å². The summed E-state index contributed by atoms with van der Waals surface area (Å²) >= 11 is 4.60. The number of amides is 1. The van der Waals surface area contributed by atoms with Crippen LogP contribution in [0.1, 0.15) is 39.4 Å². The van der Waals surface area contributed by atoms with E-state index in [1.165, 1.54) is 35.6 Å². The van der Waals surface area contributed by atoms with E-state index < -0.39 is 30.0 Å². The lowest BCUT2D eigenvalue weighted by molar-refractivity contribution is -0.173. The Balaban J connectivity index is 1.61. The molecule has 5 nitrogen and oxygen atoms in total. The van der Waals surface area contributed by atoms with Gasteiger partial charge in [0.2, 0.25) is 0 Å². The fourth-order valence-electron chi connectivity index (χ4n) is 3.28. The van der Waals surface area contributed by atoms with Crippen molar-refractivity contribution in [1.82, 2.24) is 15.1 Å². The van der Waals surface area contributed by atoms with Gasteiger partial charge < -0.3 is 10.6 Å². The molecule has 0 fully saturated rings. The molecule has 1 aliphatic rings. The van der Waals surface area contributed by atoms with Crippen molar-refractivity contribution in [1.29, 1.82) is 0 Å². The molecule has 0 unspecified atom stereocenters. The predicted molar refractivity (Wildman–Crippen MR) is 108 cm³/mol. The van der Waals surface area contributed by atoms with Crippen molar-refractivity contribution in [2.24, 2.45) is 0 Å². The molecular weight excluding hydrogens is 488 g/mol. The third kappa shape index (κ3) is 4.08. The molecule has 30 heavy (non-hydrogen) atoms. The van der Waals surface area contributed by atoms with Crippen LogP contribution in [-0.2, 0) is 6.54 Å². The number of benzene rings is 1. The Labute approximate surface area is 181 Å². The lowest BCUT2D eigenvalue weighted by atomic mass is 10.0. The first-order chi connectivity index (χ1) is 14.2. The third-order valence-corrected chi connectivity index (χ3v) is 6.50. The SMILES string of the molecule is O=C(NCc1ccc(F)cc1)c1nn2c(c1Br)N[C@@H](c1cccs1)C[C@@H]2C(F)(F)F. The number of halogens is 5. The largest absolute Gasteiger partial charge is 0.410 e. The molecule has 2 atom stereocenters. The summed E-state index contributed by atoms with van der Waals surface area (Å²) in [6, 6.07) is 6.67. The van der Waals surface area contributed by atoms with Gasteiger partial charge in [0.05, 0.1) is 10.5 Å². The molecular formula is C19H15BrF4N4OS. The van der Waals surface area contributed by atoms with Crippen molar-refractivity contribution in [2.75, 3.05) is 5.32 Å². The van der Waals surface area contributed by atoms with Gasteiger partial charge in [-0.2, -0.15) is 18.3 Å². The van der Waals surface area contributed by atoms with Crippen LogP contribution in [0.4, 0.5) is 23.4 Å². The number of fused-ring (bicyclic) bond motifs is 1. The highest BCUT2D eigenvalue weighted by molar-refractivity contribution is 9.10. The van der Waals surface area contributed by atoms with Crippen molar-refractivity contribution < 1.29 is 22.4 Å². The van der Waals surface area contributed by atoms with Crippen molar-refractivity contribution in [3.05, 3.63) is 68.2 Å². The molecule has 0 saturated carbocycles. The minimum atomic E-state index is -4.53. The standard InChI is InChI=1S/C19H15BrF4N4OS/c20-15-16(18(29)25-9-10-3-5-11(21)6-4-10)27-28-14(19(22,23)24)8-12(26-17(15)28)13-2-1-7-30-13/h1-7,12,14,26H,8-9H2,(H,25,29)/t12-,14-/m1/s1. The number of aromatic nitrogens is 2. The minimum Gasteiger partial charge on any atom is -0.362 e. The van der Waals surface area contributed by atoms with E-state index in [1.54, 1.807) is 17.5 Å². The van der Waals surface area contributed by atoms with Gasteiger partial charge in [0.15, 0.2) is 11.7 Å². The highest BCUT2D eigenvalue weighted by atomic mass is 79.9. The molecule has 0 saturated heterocycles. The molecule has 3 heterocycles. The Hall–Kier alpha value is -2.40. The molecule has 158 valence electrons. The van der Waals surface area contributed by atoms with Gasteiger partial charge in [-0.25, -0.2) is 9.07 Å². The summed E-state index contributed by atoms with van der Waals surface area (Å²) in [5.41, 5.74) is 0.495. The Morgan fingerprint density at radius 2 is 2.03 bits per heavy atom. The van der Waals surface area contributed by atoms with E-state index in [9.17, 15) is 22.4 Å². The van der Waals surface area contributed by atoms with E-state index in [-0.39, 0.29) is 29.0 Å². The number of nitrogens with zero attached hydrogens (tertiary/aromatic N) is 2. The van der Waals surface area contributed by atoms with Gasteiger partial charge >= 0.3 is 6.18 Å². The first-order valence-corrected chi connectivity index (χ1v) is 10.6. The number of hydrogen-bond donors (Lipinski definition) is 2. The number of alkyl halides is 3. The van der Waals surface area contributed by atoms with E-state index in [1.807, 2.05) is 0 Å². The number of thiophene rings is 1. The van der Waals surface area contributed by atoms with Crippen LogP contribution >= 0.6 is 27.3 Å². The predicted octanol–water partition coefficient (Wildman–Crippen LogP) is 5.44. The molecule has 1 aliphatic heterocycles. The summed E-state index contributed by atoms with van der Waals surface area (Å²) in [6.45, 7) is 0.0850. The first kappa shape index (κ1) is 20.9. The zero-order valence-corrected chi connectivity index (χ0v) is 17.6. The molecule has 0 bridgehead atoms. The Morgan fingerprint density at radius 3 is 2.67 bits per heavy atom. The molecule has 3 aromatic rings. The minimum absolute atomic E-state index is 0.0850. The van der Waals surface area contributed by atoms with E-state index in [0.29, 0.717) is 5.56 Å². The number of rotatable bonds is 4. The van der Waals surface area contributed by atoms with Crippen molar-refractivity contribution in [3.8, 4) is 0 Å². The van der Waals surface area contributed by atoms with Crippen molar-refractivity contribution in [2.45, 2.75) is 31.2 Å². The Bertz CT molecular complexity index is 1050. The van der Waals surface area contributed by atoms with E-state index in [0.717, 1.165) is 9.56 Å². The van der Waals surface area contributed by atoms with Gasteiger partial charge in [-0.3, -0.25) is 4.79 Å². The lowest BCUT2D eigenvalue weighted by Crippen LogP contribution is -2.35. The quantitative estimate of drug-likeness (QED) is 0.467. The van der Waals surface area contributed by atoms with Crippen LogP contribution in [0, 0.1) is 5.82 Å². The Kier molecular flexibility index (Phi) is 5.58. The average molecular weight is 503 g/mol. The summed E-state index contributed by atoms with van der Waals surface area (Å²) in [5.74, 6) is -0.934. The summed E-state index contributed by atoms with van der Waals surface area (Å²) in [6.07, 6.45) is -4.76. The maximum atomic E-state index is 13.7. The molecule has 0 spiro atoms. The molecule has 0 radical (unpaired) electrons. The first-order valence-electron chi connectivity index (χ1n) is 8.91. The molecule has 11 heteroatoms. The third-order valence-electron chi connectivity index (χ3n) is 4.76. The number of carbonyl (C=O) groups excluding carboxylic acids is 1. The molecule has 2 N–H and O–H groups in total. The van der Waals surface area contributed by atoms with Gasteiger partial charge in [-0.05, 0) is 45.1 Å². The molecule has 2 aromatic heterocycles. The normalized spacial score (nSPS) is 18.6. The Morgan fingerprint density at radius 1 is 1.30 bits per heavy atom. The maximum absolute atomic E-state index is 13.7. The van der Waals surface area contributed by atoms with Gasteiger partial charge in [0.1, 0.15) is 11.6 Å². The van der Waals surface area contributed by atoms with Gasteiger partial charge in [-0.15, -0.1) is 11.3 Å². The molecule has 1 amide bonds. The van der Waals surface area contributed by atoms with Gasteiger partial charge in [0.25, 0.3) is 5.91 Å². The zero-order chi connectivity index (χ0) is 21.5. The van der Waals surface area contributed by atoms with Gasteiger partial charge in [0, 0.05) is 17.8 Å². The summed E-state index contributed by atoms with van der Waals surface area (Å²) < 4.78 is 55.2. The van der Waals surface area contributed by atoms with Gasteiger partial charge in [-0.1, -0.05) is 18.2 Å². The van der Waals surface area contributed by atoms with E-state index >= 15 is 0 Å². The second kappa shape index (κ2) is 8.03. The topological polar surface area (TPSA) is 59.0 Å². The molecule has 0 aliphatic carbocycles. The van der Waals surface area contributed by atoms with Crippen LogP contribution in [0.25, 0.3) is 0 Å². The summed E-state index contributed by atoms with van der Waals surface area (Å²) in [5, 5.41) is 11.4. The van der Waals surface area contributed by atoms with Crippen LogP contribution in [-0.4, -0.2) is 21.9 Å². The zero-order valence-electron chi connectivity index (χ0n) is 15.2. The number of carbonyl (C=O) groups is 1. The summed E-state index contributed by atoms with van der Waals surface area (Å²) in [7, 11) is 0. The second-order valence-electron chi connectivity index (χ2n) is 6.77. The van der Waals surface area contributed by atoms with Crippen LogP contribution in [0.3, 0.4) is 0 Å². The fraction of sp³-hybridized carbons (Fsp3) is 0.263. The number of anilines is 1. The maximum Gasteiger partial charge on any atom is 0.410 e. The van der Waals surface area contributed by atoms with E-state index in [2.05, 4.69) is 31.7 Å². The summed E-state index contributed by atoms with van der Waals surface area (Å²) in [4.78, 5) is 13.4. The van der Waals surface area contributed by atoms with Crippen LogP contribution < -0.4 is 10.6 Å². The van der Waals surface area contributed by atoms with E-state index in [4.69, 9.17) is 0 Å². The highest BCUT2D eigenvalue weighted by Crippen LogP contribution is 2.46. The second-order valence-corrected chi connectivity index (χ2v) is 8.54. The number of nitrogens with one attached hydrogen (secondary N) is 2. The average Bonchev–Trinajstić information content (AvgIpc) is 3.34.